The lowest BCUT2D eigenvalue weighted by Gasteiger charge is -2.35. The Morgan fingerprint density at radius 1 is 1.22 bits per heavy atom. The van der Waals surface area contributed by atoms with Crippen molar-refractivity contribution in [2.45, 2.75) is 51.1 Å². The van der Waals surface area contributed by atoms with E-state index in [4.69, 9.17) is 0 Å². The highest BCUT2D eigenvalue weighted by Gasteiger charge is 2.23. The number of rotatable bonds is 7. The zero-order valence-corrected chi connectivity index (χ0v) is 12.8. The second-order valence-electron chi connectivity index (χ2n) is 5.57. The highest BCUT2D eigenvalue weighted by Crippen LogP contribution is 2.22. The first-order chi connectivity index (χ1) is 8.42. The molecule has 0 unspecified atom stereocenters. The number of nitrogens with zero attached hydrogens (tertiary/aromatic N) is 1. The number of nitrogens with one attached hydrogen (secondary N) is 1. The van der Waals surface area contributed by atoms with Crippen molar-refractivity contribution < 1.29 is 8.42 Å². The first-order valence-corrected chi connectivity index (χ1v) is 9.09. The minimum atomic E-state index is -2.83. The molecule has 0 amide bonds. The molecular formula is C13H28N2O2S. The molecule has 0 aliphatic heterocycles. The quantitative estimate of drug-likeness (QED) is 0.761. The lowest BCUT2D eigenvalue weighted by molar-refractivity contribution is 0.182. The van der Waals surface area contributed by atoms with Gasteiger partial charge in [0, 0.05) is 24.9 Å². The van der Waals surface area contributed by atoms with Crippen molar-refractivity contribution >= 4 is 9.84 Å². The van der Waals surface area contributed by atoms with E-state index in [9.17, 15) is 8.42 Å². The fourth-order valence-electron chi connectivity index (χ4n) is 2.56. The molecule has 0 bridgehead atoms. The van der Waals surface area contributed by atoms with E-state index in [1.54, 1.807) is 0 Å². The minimum Gasteiger partial charge on any atom is -0.314 e. The van der Waals surface area contributed by atoms with Gasteiger partial charge in [-0.15, -0.1) is 0 Å². The maximum absolute atomic E-state index is 11.2. The molecule has 1 aliphatic carbocycles. The molecule has 0 saturated heterocycles. The Bertz CT molecular complexity index is 322. The Morgan fingerprint density at radius 2 is 1.83 bits per heavy atom. The average Bonchev–Trinajstić information content (AvgIpc) is 2.33. The largest absolute Gasteiger partial charge is 0.314 e. The lowest BCUT2D eigenvalue weighted by atomic mass is 9.90. The molecule has 1 N–H and O–H groups in total. The summed E-state index contributed by atoms with van der Waals surface area (Å²) in [7, 11) is -0.783. The van der Waals surface area contributed by atoms with Crippen molar-refractivity contribution in [1.82, 2.24) is 10.2 Å². The second-order valence-corrected chi connectivity index (χ2v) is 7.83. The summed E-state index contributed by atoms with van der Waals surface area (Å²) in [6.07, 6.45) is 7.30. The normalized spacial score (nSPS) is 25.6. The summed E-state index contributed by atoms with van der Waals surface area (Å²) >= 11 is 0. The van der Waals surface area contributed by atoms with Crippen molar-refractivity contribution in [2.75, 3.05) is 32.1 Å². The predicted octanol–water partition coefficient (Wildman–Crippen LogP) is 1.27. The Balaban J connectivity index is 2.25. The van der Waals surface area contributed by atoms with Crippen LogP contribution in [0.15, 0.2) is 0 Å². The van der Waals surface area contributed by atoms with Crippen molar-refractivity contribution in [2.24, 2.45) is 0 Å². The minimum absolute atomic E-state index is 0.275. The van der Waals surface area contributed by atoms with E-state index in [1.165, 1.54) is 38.4 Å². The summed E-state index contributed by atoms with van der Waals surface area (Å²) in [6, 6.07) is 1.23. The topological polar surface area (TPSA) is 49.4 Å². The van der Waals surface area contributed by atoms with Crippen molar-refractivity contribution in [3.63, 3.8) is 0 Å². The van der Waals surface area contributed by atoms with Crippen LogP contribution in [0.5, 0.6) is 0 Å². The van der Waals surface area contributed by atoms with Crippen LogP contribution in [0, 0.1) is 0 Å². The molecule has 0 aromatic carbocycles. The maximum atomic E-state index is 11.2. The predicted molar refractivity (Wildman–Crippen MR) is 76.7 cm³/mol. The van der Waals surface area contributed by atoms with Crippen LogP contribution >= 0.6 is 0 Å². The van der Waals surface area contributed by atoms with Gasteiger partial charge in [0.05, 0.1) is 5.75 Å². The molecule has 0 atom stereocenters. The highest BCUT2D eigenvalue weighted by molar-refractivity contribution is 7.90. The van der Waals surface area contributed by atoms with Gasteiger partial charge >= 0.3 is 0 Å². The lowest BCUT2D eigenvalue weighted by Crippen LogP contribution is -2.42. The molecule has 1 fully saturated rings. The summed E-state index contributed by atoms with van der Waals surface area (Å²) in [5.74, 6) is 0.275. The van der Waals surface area contributed by atoms with E-state index in [1.807, 2.05) is 0 Å². The molecule has 0 aromatic rings. The first kappa shape index (κ1) is 15.9. The molecule has 1 saturated carbocycles. The van der Waals surface area contributed by atoms with Crippen molar-refractivity contribution in [3.05, 3.63) is 0 Å². The Labute approximate surface area is 112 Å². The Hall–Kier alpha value is -0.130. The zero-order chi connectivity index (χ0) is 13.6. The summed E-state index contributed by atoms with van der Waals surface area (Å²) in [5.41, 5.74) is 0. The number of hydrogen-bond donors (Lipinski definition) is 1. The number of sulfone groups is 1. The van der Waals surface area contributed by atoms with Gasteiger partial charge in [-0.25, -0.2) is 8.42 Å². The van der Waals surface area contributed by atoms with Crippen LogP contribution in [0.2, 0.25) is 0 Å². The summed E-state index contributed by atoms with van der Waals surface area (Å²) in [6.45, 7) is 3.97. The van der Waals surface area contributed by atoms with Crippen molar-refractivity contribution in [3.8, 4) is 0 Å². The van der Waals surface area contributed by atoms with E-state index in [2.05, 4.69) is 24.2 Å². The van der Waals surface area contributed by atoms with Crippen LogP contribution in [0.3, 0.4) is 0 Å². The smallest absolute Gasteiger partial charge is 0.148 e. The fraction of sp³-hybridized carbons (Fsp3) is 1.00. The maximum Gasteiger partial charge on any atom is 0.148 e. The second kappa shape index (κ2) is 7.46. The molecule has 108 valence electrons. The average molecular weight is 276 g/mol. The summed E-state index contributed by atoms with van der Waals surface area (Å²) < 4.78 is 22.3. The SMILES string of the molecule is CCCNC1CCC(N(C)CCS(C)(=O)=O)CC1. The van der Waals surface area contributed by atoms with Gasteiger partial charge in [-0.05, 0) is 45.7 Å². The van der Waals surface area contributed by atoms with Crippen LogP contribution in [0.1, 0.15) is 39.0 Å². The fourth-order valence-corrected chi connectivity index (χ4v) is 3.18. The molecule has 18 heavy (non-hydrogen) atoms. The van der Waals surface area contributed by atoms with Crippen LogP contribution in [-0.4, -0.2) is 57.5 Å². The first-order valence-electron chi connectivity index (χ1n) is 7.03. The molecule has 0 radical (unpaired) electrons. The Kier molecular flexibility index (Phi) is 6.60. The van der Waals surface area contributed by atoms with Gasteiger partial charge < -0.3 is 10.2 Å². The Morgan fingerprint density at radius 3 is 2.33 bits per heavy atom. The van der Waals surface area contributed by atoms with E-state index in [-0.39, 0.29) is 5.75 Å². The molecule has 1 rings (SSSR count). The highest BCUT2D eigenvalue weighted by atomic mass is 32.2. The molecule has 0 heterocycles. The van der Waals surface area contributed by atoms with E-state index >= 15 is 0 Å². The third-order valence-electron chi connectivity index (χ3n) is 3.82. The van der Waals surface area contributed by atoms with Crippen LogP contribution in [0.25, 0.3) is 0 Å². The summed E-state index contributed by atoms with van der Waals surface area (Å²) in [5, 5.41) is 3.57. The standard InChI is InChI=1S/C13H28N2O2S/c1-4-9-14-12-5-7-13(8-6-12)15(2)10-11-18(3,16)17/h12-14H,4-11H2,1-3H3. The van der Waals surface area contributed by atoms with E-state index in [0.29, 0.717) is 18.6 Å². The molecule has 0 spiro atoms. The number of hydrogen-bond acceptors (Lipinski definition) is 4. The molecule has 5 heteroatoms. The van der Waals surface area contributed by atoms with E-state index in [0.717, 1.165) is 6.54 Å². The monoisotopic (exact) mass is 276 g/mol. The zero-order valence-electron chi connectivity index (χ0n) is 12.0. The van der Waals surface area contributed by atoms with Gasteiger partial charge in [0.2, 0.25) is 0 Å². The van der Waals surface area contributed by atoms with Gasteiger partial charge in [-0.2, -0.15) is 0 Å². The molecule has 1 aliphatic rings. The van der Waals surface area contributed by atoms with Crippen LogP contribution in [0.4, 0.5) is 0 Å². The van der Waals surface area contributed by atoms with Gasteiger partial charge in [-0.3, -0.25) is 0 Å². The van der Waals surface area contributed by atoms with Crippen molar-refractivity contribution in [1.29, 1.82) is 0 Å². The van der Waals surface area contributed by atoms with Gasteiger partial charge in [-0.1, -0.05) is 6.92 Å². The van der Waals surface area contributed by atoms with E-state index < -0.39 is 9.84 Å². The van der Waals surface area contributed by atoms with Gasteiger partial charge in [0.15, 0.2) is 0 Å². The van der Waals surface area contributed by atoms with Gasteiger partial charge in [0.25, 0.3) is 0 Å². The van der Waals surface area contributed by atoms with Gasteiger partial charge in [0.1, 0.15) is 9.84 Å². The summed E-state index contributed by atoms with van der Waals surface area (Å²) in [4.78, 5) is 2.22. The third-order valence-corrected chi connectivity index (χ3v) is 4.74. The molecule has 0 aromatic heterocycles. The van der Waals surface area contributed by atoms with Crippen LogP contribution in [-0.2, 0) is 9.84 Å². The third kappa shape index (κ3) is 6.16. The van der Waals surface area contributed by atoms with Crippen LogP contribution < -0.4 is 5.32 Å². The molecular weight excluding hydrogens is 248 g/mol. The molecule has 4 nitrogen and oxygen atoms in total.